The molecule has 4 heteroatoms. The van der Waals surface area contributed by atoms with E-state index < -0.39 is 0 Å². The Labute approximate surface area is 111 Å². The van der Waals surface area contributed by atoms with Crippen molar-refractivity contribution < 1.29 is 0 Å². The van der Waals surface area contributed by atoms with Gasteiger partial charge in [0.25, 0.3) is 0 Å². The summed E-state index contributed by atoms with van der Waals surface area (Å²) in [5, 5.41) is 5.16. The molecule has 0 spiro atoms. The Morgan fingerprint density at radius 2 is 2.27 bits per heavy atom. The molecule has 0 radical (unpaired) electrons. The molecule has 0 fully saturated rings. The van der Waals surface area contributed by atoms with Crippen molar-refractivity contribution in [2.75, 3.05) is 0 Å². The van der Waals surface area contributed by atoms with Crippen molar-refractivity contribution in [1.82, 2.24) is 9.78 Å². The molecule has 0 aliphatic heterocycles. The minimum absolute atomic E-state index is 0.848. The zero-order chi connectivity index (χ0) is 10.8. The fourth-order valence-corrected chi connectivity index (χ4v) is 2.31. The lowest BCUT2D eigenvalue weighted by Crippen LogP contribution is -1.99. The lowest BCUT2D eigenvalue weighted by Gasteiger charge is -2.07. The van der Waals surface area contributed by atoms with E-state index >= 15 is 0 Å². The van der Waals surface area contributed by atoms with Crippen LogP contribution in [0.3, 0.4) is 0 Å². The molecule has 1 aromatic carbocycles. The van der Waals surface area contributed by atoms with Crippen LogP contribution in [-0.2, 0) is 5.33 Å². The zero-order valence-electron chi connectivity index (χ0n) is 8.24. The first-order valence-electron chi connectivity index (χ1n) is 4.57. The van der Waals surface area contributed by atoms with E-state index in [1.807, 2.05) is 17.1 Å². The lowest BCUT2D eigenvalue weighted by atomic mass is 10.1. The predicted molar refractivity (Wildman–Crippen MR) is 73.6 cm³/mol. The van der Waals surface area contributed by atoms with Crippen LogP contribution in [0.2, 0.25) is 0 Å². The third kappa shape index (κ3) is 2.42. The molecule has 2 rings (SSSR count). The van der Waals surface area contributed by atoms with Crippen LogP contribution < -0.4 is 0 Å². The number of alkyl halides is 1. The Bertz CT molecular complexity index is 479. The second-order valence-corrected chi connectivity index (χ2v) is 5.18. The summed E-state index contributed by atoms with van der Waals surface area (Å²) in [6.07, 6.45) is 3.88. The van der Waals surface area contributed by atoms with Gasteiger partial charge in [0, 0.05) is 11.5 Å². The quantitative estimate of drug-likeness (QED) is 0.577. The van der Waals surface area contributed by atoms with Gasteiger partial charge in [0.1, 0.15) is 0 Å². The van der Waals surface area contributed by atoms with Gasteiger partial charge in [-0.25, -0.2) is 4.68 Å². The van der Waals surface area contributed by atoms with Crippen LogP contribution in [0.4, 0.5) is 0 Å². The van der Waals surface area contributed by atoms with Crippen molar-refractivity contribution >= 4 is 38.5 Å². The van der Waals surface area contributed by atoms with Crippen molar-refractivity contribution in [3.63, 3.8) is 0 Å². The maximum absolute atomic E-state index is 4.31. The van der Waals surface area contributed by atoms with Crippen molar-refractivity contribution in [2.45, 2.75) is 12.3 Å². The number of rotatable bonds is 2. The normalized spacial score (nSPS) is 10.6. The lowest BCUT2D eigenvalue weighted by molar-refractivity contribution is 0.871. The smallest absolute Gasteiger partial charge is 0.0686 e. The molecule has 0 saturated heterocycles. The van der Waals surface area contributed by atoms with Crippen LogP contribution >= 0.6 is 38.5 Å². The van der Waals surface area contributed by atoms with Crippen LogP contribution in [-0.4, -0.2) is 9.78 Å². The summed E-state index contributed by atoms with van der Waals surface area (Å²) >= 11 is 5.77. The molecule has 0 bridgehead atoms. The van der Waals surface area contributed by atoms with Gasteiger partial charge in [-0.05, 0) is 41.1 Å². The molecular weight excluding hydrogens is 367 g/mol. The van der Waals surface area contributed by atoms with E-state index in [1.54, 1.807) is 0 Å². The molecule has 1 heterocycles. The monoisotopic (exact) mass is 376 g/mol. The molecule has 0 aliphatic carbocycles. The summed E-state index contributed by atoms with van der Waals surface area (Å²) in [6.45, 7) is 2.10. The molecule has 0 N–H and O–H groups in total. The number of hydrogen-bond donors (Lipinski definition) is 0. The first kappa shape index (κ1) is 11.1. The minimum atomic E-state index is 0.848. The van der Waals surface area contributed by atoms with E-state index in [2.05, 4.69) is 68.7 Å². The molecule has 2 aromatic rings. The van der Waals surface area contributed by atoms with E-state index in [9.17, 15) is 0 Å². The highest BCUT2D eigenvalue weighted by atomic mass is 127. The number of halogens is 2. The SMILES string of the molecule is Cc1ccc(-n2cc(I)cn2)c(CBr)c1. The minimum Gasteiger partial charge on any atom is -0.240 e. The van der Waals surface area contributed by atoms with Crippen LogP contribution in [0.5, 0.6) is 0 Å². The van der Waals surface area contributed by atoms with Gasteiger partial charge in [-0.2, -0.15) is 5.10 Å². The summed E-state index contributed by atoms with van der Waals surface area (Å²) in [5.74, 6) is 0. The zero-order valence-corrected chi connectivity index (χ0v) is 12.0. The van der Waals surface area contributed by atoms with Gasteiger partial charge < -0.3 is 0 Å². The van der Waals surface area contributed by atoms with Crippen LogP contribution in [0.25, 0.3) is 5.69 Å². The molecule has 0 atom stereocenters. The number of aryl methyl sites for hydroxylation is 1. The molecule has 0 aliphatic rings. The Hall–Kier alpha value is -0.360. The van der Waals surface area contributed by atoms with Gasteiger partial charge in [0.2, 0.25) is 0 Å². The van der Waals surface area contributed by atoms with Gasteiger partial charge >= 0.3 is 0 Å². The van der Waals surface area contributed by atoms with Crippen molar-refractivity contribution in [2.24, 2.45) is 0 Å². The molecular formula is C11H10BrIN2. The number of hydrogen-bond acceptors (Lipinski definition) is 1. The van der Waals surface area contributed by atoms with Crippen molar-refractivity contribution in [1.29, 1.82) is 0 Å². The maximum Gasteiger partial charge on any atom is 0.0686 e. The third-order valence-electron chi connectivity index (χ3n) is 2.18. The average molecular weight is 377 g/mol. The number of benzene rings is 1. The fraction of sp³-hybridized carbons (Fsp3) is 0.182. The van der Waals surface area contributed by atoms with Crippen molar-refractivity contribution in [3.05, 3.63) is 45.3 Å². The maximum atomic E-state index is 4.31. The third-order valence-corrected chi connectivity index (χ3v) is 3.34. The standard InChI is InChI=1S/C11H10BrIN2/c1-8-2-3-11(9(4-8)5-12)15-7-10(13)6-14-15/h2-4,6-7H,5H2,1H3. The first-order valence-corrected chi connectivity index (χ1v) is 6.77. The second-order valence-electron chi connectivity index (χ2n) is 3.37. The largest absolute Gasteiger partial charge is 0.240 e. The van der Waals surface area contributed by atoms with Gasteiger partial charge in [-0.15, -0.1) is 0 Å². The number of nitrogens with zero attached hydrogens (tertiary/aromatic N) is 2. The molecule has 0 saturated carbocycles. The van der Waals surface area contributed by atoms with Crippen LogP contribution in [0.15, 0.2) is 30.6 Å². The summed E-state index contributed by atoms with van der Waals surface area (Å²) in [5.41, 5.74) is 3.67. The van der Waals surface area contributed by atoms with Crippen LogP contribution in [0.1, 0.15) is 11.1 Å². The molecule has 0 amide bonds. The Morgan fingerprint density at radius 1 is 1.47 bits per heavy atom. The number of aromatic nitrogens is 2. The highest BCUT2D eigenvalue weighted by Gasteiger charge is 2.05. The highest BCUT2D eigenvalue weighted by Crippen LogP contribution is 2.19. The molecule has 1 aromatic heterocycles. The summed E-state index contributed by atoms with van der Waals surface area (Å²) < 4.78 is 3.06. The molecule has 78 valence electrons. The van der Waals surface area contributed by atoms with E-state index in [1.165, 1.54) is 11.1 Å². The predicted octanol–water partition coefficient (Wildman–Crippen LogP) is 3.68. The van der Waals surface area contributed by atoms with Gasteiger partial charge in [0.15, 0.2) is 0 Å². The van der Waals surface area contributed by atoms with Gasteiger partial charge in [0.05, 0.1) is 15.5 Å². The van der Waals surface area contributed by atoms with E-state index in [0.717, 1.165) is 14.6 Å². The second kappa shape index (κ2) is 4.65. The summed E-state index contributed by atoms with van der Waals surface area (Å²) in [6, 6.07) is 6.39. The molecule has 0 unspecified atom stereocenters. The van der Waals surface area contributed by atoms with Gasteiger partial charge in [-0.3, -0.25) is 0 Å². The Morgan fingerprint density at radius 3 is 2.87 bits per heavy atom. The average Bonchev–Trinajstić information content (AvgIpc) is 2.64. The van der Waals surface area contributed by atoms with Gasteiger partial charge in [-0.1, -0.05) is 33.6 Å². The molecule has 15 heavy (non-hydrogen) atoms. The summed E-state index contributed by atoms with van der Waals surface area (Å²) in [7, 11) is 0. The highest BCUT2D eigenvalue weighted by molar-refractivity contribution is 14.1. The van der Waals surface area contributed by atoms with Crippen LogP contribution in [0, 0.1) is 10.5 Å². The van der Waals surface area contributed by atoms with E-state index in [4.69, 9.17) is 0 Å². The van der Waals surface area contributed by atoms with E-state index in [0.29, 0.717) is 0 Å². The molecule has 2 nitrogen and oxygen atoms in total. The Kier molecular flexibility index (Phi) is 3.45. The van der Waals surface area contributed by atoms with Crippen molar-refractivity contribution in [3.8, 4) is 5.69 Å². The first-order chi connectivity index (χ1) is 7.20. The van der Waals surface area contributed by atoms with E-state index in [-0.39, 0.29) is 0 Å². The Balaban J connectivity index is 2.52. The summed E-state index contributed by atoms with van der Waals surface area (Å²) in [4.78, 5) is 0. The fourth-order valence-electron chi connectivity index (χ4n) is 1.48. The topological polar surface area (TPSA) is 17.8 Å².